The lowest BCUT2D eigenvalue weighted by atomic mass is 10.1. The number of hydrogen-bond donors (Lipinski definition) is 2. The largest absolute Gasteiger partial charge is 0.488 e. The van der Waals surface area contributed by atoms with Gasteiger partial charge in [0.05, 0.1) is 6.21 Å². The van der Waals surface area contributed by atoms with E-state index in [9.17, 15) is 9.90 Å². The van der Waals surface area contributed by atoms with Gasteiger partial charge >= 0.3 is 0 Å². The van der Waals surface area contributed by atoms with Crippen LogP contribution in [0.25, 0.3) is 0 Å². The molecule has 0 spiro atoms. The molecule has 0 radical (unpaired) electrons. The van der Waals surface area contributed by atoms with Gasteiger partial charge in [0.15, 0.2) is 6.10 Å². The monoisotopic (exact) mass is 428 g/mol. The molecule has 7 heteroatoms. The summed E-state index contributed by atoms with van der Waals surface area (Å²) in [4.78, 5) is 12.1. The topological polar surface area (TPSA) is 70.9 Å². The Bertz CT molecular complexity index is 1010. The van der Waals surface area contributed by atoms with Crippen molar-refractivity contribution in [1.29, 1.82) is 0 Å². The quantitative estimate of drug-likeness (QED) is 0.421. The Morgan fingerprint density at radius 3 is 2.55 bits per heavy atom. The van der Waals surface area contributed by atoms with Crippen molar-refractivity contribution in [1.82, 2.24) is 5.43 Å². The highest BCUT2D eigenvalue weighted by Crippen LogP contribution is 2.23. The second-order valence-corrected chi connectivity index (χ2v) is 7.02. The summed E-state index contributed by atoms with van der Waals surface area (Å²) in [7, 11) is 0. The number of halogens is 2. The van der Waals surface area contributed by atoms with Crippen molar-refractivity contribution < 1.29 is 14.6 Å². The van der Waals surface area contributed by atoms with Gasteiger partial charge in [0.2, 0.25) is 0 Å². The van der Waals surface area contributed by atoms with Gasteiger partial charge in [-0.2, -0.15) is 5.10 Å². The Kier molecular flexibility index (Phi) is 7.25. The summed E-state index contributed by atoms with van der Waals surface area (Å²) in [5.41, 5.74) is 4.29. The number of amides is 1. The SMILES string of the molecule is O=C(N/N=C\c1cc(Cl)ccc1OCc1cccc(Cl)c1)[C@H](O)c1ccccc1. The molecule has 1 amide bonds. The number of hydrazone groups is 1. The Hall–Kier alpha value is -2.86. The minimum Gasteiger partial charge on any atom is -0.488 e. The number of aliphatic hydroxyl groups is 1. The Morgan fingerprint density at radius 2 is 1.79 bits per heavy atom. The first-order chi connectivity index (χ1) is 14.0. The maximum Gasteiger partial charge on any atom is 0.273 e. The number of ether oxygens (including phenoxy) is 1. The number of carbonyl (C=O) groups is 1. The lowest BCUT2D eigenvalue weighted by molar-refractivity contribution is -0.129. The average molecular weight is 429 g/mol. The van der Waals surface area contributed by atoms with Crippen LogP contribution in [0.5, 0.6) is 5.75 Å². The van der Waals surface area contributed by atoms with Crippen molar-refractivity contribution in [2.24, 2.45) is 5.10 Å². The van der Waals surface area contributed by atoms with Gasteiger partial charge < -0.3 is 9.84 Å². The number of nitrogens with zero attached hydrogens (tertiary/aromatic N) is 1. The van der Waals surface area contributed by atoms with E-state index >= 15 is 0 Å². The van der Waals surface area contributed by atoms with E-state index in [2.05, 4.69) is 10.5 Å². The summed E-state index contributed by atoms with van der Waals surface area (Å²) in [5.74, 6) is -0.105. The molecule has 29 heavy (non-hydrogen) atoms. The molecule has 2 N–H and O–H groups in total. The van der Waals surface area contributed by atoms with E-state index in [0.29, 0.717) is 33.5 Å². The molecule has 0 aromatic heterocycles. The standard InChI is InChI=1S/C22H18Cl2N2O3/c23-18-8-4-5-15(11-18)14-29-20-10-9-19(24)12-17(20)13-25-26-22(28)21(27)16-6-2-1-3-7-16/h1-13,21,27H,14H2,(H,26,28)/b25-13-/t21-/m1/s1. The first-order valence-electron chi connectivity index (χ1n) is 8.75. The number of benzene rings is 3. The van der Waals surface area contributed by atoms with Crippen LogP contribution in [0.15, 0.2) is 77.9 Å². The predicted molar refractivity (Wildman–Crippen MR) is 114 cm³/mol. The summed E-state index contributed by atoms with van der Waals surface area (Å²) in [6, 6.07) is 21.0. The van der Waals surface area contributed by atoms with Crippen LogP contribution < -0.4 is 10.2 Å². The van der Waals surface area contributed by atoms with Gasteiger partial charge in [-0.05, 0) is 41.5 Å². The minimum atomic E-state index is -1.31. The summed E-state index contributed by atoms with van der Waals surface area (Å²) in [5, 5.41) is 15.1. The smallest absolute Gasteiger partial charge is 0.273 e. The van der Waals surface area contributed by atoms with Gasteiger partial charge in [-0.25, -0.2) is 5.43 Å². The molecule has 3 aromatic rings. The summed E-state index contributed by atoms with van der Waals surface area (Å²) < 4.78 is 5.84. The van der Waals surface area contributed by atoms with E-state index < -0.39 is 12.0 Å². The van der Waals surface area contributed by atoms with Crippen molar-refractivity contribution in [3.8, 4) is 5.75 Å². The predicted octanol–water partition coefficient (Wildman–Crippen LogP) is 4.76. The third-order valence-corrected chi connectivity index (χ3v) is 4.47. The normalized spacial score (nSPS) is 12.0. The zero-order valence-electron chi connectivity index (χ0n) is 15.3. The summed E-state index contributed by atoms with van der Waals surface area (Å²) in [6.07, 6.45) is 0.0979. The molecule has 0 saturated carbocycles. The third-order valence-electron chi connectivity index (χ3n) is 4.00. The highest BCUT2D eigenvalue weighted by Gasteiger charge is 2.16. The molecular weight excluding hydrogens is 411 g/mol. The van der Waals surface area contributed by atoms with Gasteiger partial charge in [-0.15, -0.1) is 0 Å². The number of rotatable bonds is 7. The van der Waals surface area contributed by atoms with Crippen LogP contribution in [0, 0.1) is 0 Å². The van der Waals surface area contributed by atoms with Crippen molar-refractivity contribution in [2.45, 2.75) is 12.7 Å². The van der Waals surface area contributed by atoms with Crippen LogP contribution in [0.4, 0.5) is 0 Å². The van der Waals surface area contributed by atoms with E-state index in [0.717, 1.165) is 5.56 Å². The van der Waals surface area contributed by atoms with E-state index in [1.807, 2.05) is 18.2 Å². The molecule has 0 heterocycles. The number of hydrogen-bond acceptors (Lipinski definition) is 4. The van der Waals surface area contributed by atoms with Crippen LogP contribution in [-0.4, -0.2) is 17.2 Å². The van der Waals surface area contributed by atoms with Crippen LogP contribution in [0.2, 0.25) is 10.0 Å². The van der Waals surface area contributed by atoms with Crippen molar-refractivity contribution in [3.05, 3.63) is 99.5 Å². The zero-order chi connectivity index (χ0) is 20.6. The number of carbonyl (C=O) groups excluding carboxylic acids is 1. The molecule has 0 saturated heterocycles. The molecule has 1 atom stereocenters. The van der Waals surface area contributed by atoms with Gasteiger partial charge in [0.1, 0.15) is 12.4 Å². The second-order valence-electron chi connectivity index (χ2n) is 6.15. The van der Waals surface area contributed by atoms with Gasteiger partial charge in [0.25, 0.3) is 5.91 Å². The molecule has 0 bridgehead atoms. The fourth-order valence-electron chi connectivity index (χ4n) is 2.55. The Morgan fingerprint density at radius 1 is 1.03 bits per heavy atom. The first kappa shape index (κ1) is 20.9. The molecule has 3 aromatic carbocycles. The maximum atomic E-state index is 12.1. The molecular formula is C22H18Cl2N2O3. The highest BCUT2D eigenvalue weighted by atomic mass is 35.5. The van der Waals surface area contributed by atoms with Gasteiger partial charge in [-0.1, -0.05) is 65.7 Å². The fourth-order valence-corrected chi connectivity index (χ4v) is 2.95. The molecule has 3 rings (SSSR count). The molecule has 0 aliphatic heterocycles. The summed E-state index contributed by atoms with van der Waals surface area (Å²) >= 11 is 12.1. The first-order valence-corrected chi connectivity index (χ1v) is 9.51. The molecule has 0 unspecified atom stereocenters. The van der Waals surface area contributed by atoms with E-state index in [1.54, 1.807) is 54.6 Å². The zero-order valence-corrected chi connectivity index (χ0v) is 16.8. The molecule has 5 nitrogen and oxygen atoms in total. The van der Waals surface area contributed by atoms with E-state index in [4.69, 9.17) is 27.9 Å². The van der Waals surface area contributed by atoms with Crippen molar-refractivity contribution in [3.63, 3.8) is 0 Å². The lowest BCUT2D eigenvalue weighted by Gasteiger charge is -2.11. The molecule has 0 aliphatic rings. The Balaban J connectivity index is 1.66. The minimum absolute atomic E-state index is 0.308. The molecule has 0 fully saturated rings. The van der Waals surface area contributed by atoms with Crippen molar-refractivity contribution >= 4 is 35.3 Å². The molecule has 0 aliphatic carbocycles. The average Bonchev–Trinajstić information content (AvgIpc) is 2.73. The second kappa shape index (κ2) is 10.1. The Labute approximate surface area is 178 Å². The van der Waals surface area contributed by atoms with Crippen LogP contribution in [0.3, 0.4) is 0 Å². The van der Waals surface area contributed by atoms with Crippen LogP contribution in [-0.2, 0) is 11.4 Å². The fraction of sp³-hybridized carbons (Fsp3) is 0.0909. The maximum absolute atomic E-state index is 12.1. The number of nitrogens with one attached hydrogen (secondary N) is 1. The summed E-state index contributed by atoms with van der Waals surface area (Å²) in [6.45, 7) is 0.308. The van der Waals surface area contributed by atoms with Crippen LogP contribution >= 0.6 is 23.2 Å². The van der Waals surface area contributed by atoms with Crippen molar-refractivity contribution in [2.75, 3.05) is 0 Å². The van der Waals surface area contributed by atoms with Gasteiger partial charge in [0, 0.05) is 15.6 Å². The number of aliphatic hydroxyl groups excluding tert-OH is 1. The highest BCUT2D eigenvalue weighted by molar-refractivity contribution is 6.31. The van der Waals surface area contributed by atoms with Gasteiger partial charge in [-0.3, -0.25) is 4.79 Å². The van der Waals surface area contributed by atoms with E-state index in [-0.39, 0.29) is 0 Å². The lowest BCUT2D eigenvalue weighted by Crippen LogP contribution is -2.25. The molecule has 148 valence electrons. The third kappa shape index (κ3) is 6.06. The van der Waals surface area contributed by atoms with Crippen LogP contribution in [0.1, 0.15) is 22.8 Å². The van der Waals surface area contributed by atoms with E-state index in [1.165, 1.54) is 6.21 Å².